The van der Waals surface area contributed by atoms with Crippen molar-refractivity contribution in [3.05, 3.63) is 59.2 Å². The van der Waals surface area contributed by atoms with Gasteiger partial charge in [-0.15, -0.1) is 0 Å². The molecule has 0 radical (unpaired) electrons. The van der Waals surface area contributed by atoms with Gasteiger partial charge in [-0.25, -0.2) is 0 Å². The Bertz CT molecular complexity index is 705. The third kappa shape index (κ3) is 7.38. The first-order chi connectivity index (χ1) is 13.4. The quantitative estimate of drug-likeness (QED) is 0.499. The lowest BCUT2D eigenvalue weighted by molar-refractivity contribution is -0.120. The molecule has 3 heteroatoms. The number of ether oxygens (including phenoxy) is 1. The van der Waals surface area contributed by atoms with Crippen molar-refractivity contribution in [1.29, 1.82) is 0 Å². The normalized spacial score (nSPS) is 10.6. The van der Waals surface area contributed by atoms with Gasteiger partial charge < -0.3 is 10.1 Å². The largest absolute Gasteiger partial charge is 0.429 e. The predicted octanol–water partition coefficient (Wildman–Crippen LogP) is 6.54. The van der Waals surface area contributed by atoms with E-state index in [1.54, 1.807) is 12.1 Å². The number of aryl methyl sites for hydroxylation is 2. The van der Waals surface area contributed by atoms with Crippen molar-refractivity contribution in [1.82, 2.24) is 0 Å². The molecule has 0 aliphatic rings. The summed E-state index contributed by atoms with van der Waals surface area (Å²) in [4.78, 5) is 9.91. The molecule has 0 fully saturated rings. The molecule has 2 aromatic carbocycles. The minimum atomic E-state index is 0.286. The van der Waals surface area contributed by atoms with Gasteiger partial charge in [0.15, 0.2) is 0 Å². The standard InChI is InChI=1S/C16H27N.C9H10O2/c1-6-8-11-16(3,4)15-12-14(17-5)10-9-13(15)7-2;1-2-8-3-5-9(6-4-8)11-7-10/h9-10,12,17H,6-8,11H2,1-5H3;3-7H,2H2,1H3. The lowest BCUT2D eigenvalue weighted by Gasteiger charge is -2.28. The molecule has 0 heterocycles. The predicted molar refractivity (Wildman–Crippen MR) is 120 cm³/mol. The van der Waals surface area contributed by atoms with Crippen LogP contribution in [0, 0.1) is 0 Å². The molecule has 0 aliphatic heterocycles. The van der Waals surface area contributed by atoms with Gasteiger partial charge in [0.2, 0.25) is 0 Å². The number of unbranched alkanes of at least 4 members (excludes halogenated alkanes) is 1. The van der Waals surface area contributed by atoms with Crippen LogP contribution in [-0.2, 0) is 23.1 Å². The van der Waals surface area contributed by atoms with E-state index in [1.807, 2.05) is 19.2 Å². The average molecular weight is 384 g/mol. The highest BCUT2D eigenvalue weighted by Gasteiger charge is 2.22. The Balaban J connectivity index is 0.000000307. The fourth-order valence-corrected chi connectivity index (χ4v) is 3.28. The van der Waals surface area contributed by atoms with Gasteiger partial charge in [-0.3, -0.25) is 4.79 Å². The minimum absolute atomic E-state index is 0.286. The summed E-state index contributed by atoms with van der Waals surface area (Å²) in [5, 5.41) is 3.25. The molecular formula is C25H37NO2. The molecule has 28 heavy (non-hydrogen) atoms. The molecule has 0 saturated heterocycles. The van der Waals surface area contributed by atoms with Gasteiger partial charge in [0, 0.05) is 12.7 Å². The van der Waals surface area contributed by atoms with Crippen LogP contribution < -0.4 is 10.1 Å². The summed E-state index contributed by atoms with van der Waals surface area (Å²) in [5.41, 5.74) is 5.75. The summed E-state index contributed by atoms with van der Waals surface area (Å²) in [6, 6.07) is 14.2. The molecule has 0 spiro atoms. The topological polar surface area (TPSA) is 38.3 Å². The SMILES string of the molecule is CCCCC(C)(C)c1cc(NC)ccc1CC.CCc1ccc(OC=O)cc1. The van der Waals surface area contributed by atoms with Crippen LogP contribution in [-0.4, -0.2) is 13.5 Å². The van der Waals surface area contributed by atoms with Crippen LogP contribution in [0.1, 0.15) is 70.6 Å². The lowest BCUT2D eigenvalue weighted by Crippen LogP contribution is -2.19. The lowest BCUT2D eigenvalue weighted by atomic mass is 9.77. The number of carbonyl (C=O) groups excluding carboxylic acids is 1. The molecule has 0 atom stereocenters. The first-order valence-corrected chi connectivity index (χ1v) is 10.4. The third-order valence-electron chi connectivity index (χ3n) is 5.18. The Kier molecular flexibility index (Phi) is 10.4. The Labute approximate surface area is 171 Å². The molecular weight excluding hydrogens is 346 g/mol. The highest BCUT2D eigenvalue weighted by molar-refractivity contribution is 5.50. The summed E-state index contributed by atoms with van der Waals surface area (Å²) in [5.74, 6) is 0.595. The highest BCUT2D eigenvalue weighted by atomic mass is 16.5. The number of rotatable bonds is 9. The van der Waals surface area contributed by atoms with Gasteiger partial charge in [0.05, 0.1) is 0 Å². The number of hydrogen-bond acceptors (Lipinski definition) is 3. The van der Waals surface area contributed by atoms with E-state index in [4.69, 9.17) is 0 Å². The zero-order valence-electron chi connectivity index (χ0n) is 18.5. The molecule has 0 bridgehead atoms. The van der Waals surface area contributed by atoms with Crippen molar-refractivity contribution in [3.63, 3.8) is 0 Å². The summed E-state index contributed by atoms with van der Waals surface area (Å²) in [6.45, 7) is 11.8. The second-order valence-corrected chi connectivity index (χ2v) is 7.67. The van der Waals surface area contributed by atoms with Crippen LogP contribution in [0.2, 0.25) is 0 Å². The fraction of sp³-hybridized carbons (Fsp3) is 0.480. The van der Waals surface area contributed by atoms with Gasteiger partial charge in [0.1, 0.15) is 5.75 Å². The maximum Gasteiger partial charge on any atom is 0.298 e. The van der Waals surface area contributed by atoms with Crippen LogP contribution >= 0.6 is 0 Å². The van der Waals surface area contributed by atoms with E-state index in [2.05, 4.69) is 62.9 Å². The molecule has 0 aliphatic carbocycles. The average Bonchev–Trinajstić information content (AvgIpc) is 2.73. The highest BCUT2D eigenvalue weighted by Crippen LogP contribution is 2.33. The second kappa shape index (κ2) is 12.2. The fourth-order valence-electron chi connectivity index (χ4n) is 3.28. The van der Waals surface area contributed by atoms with Crippen molar-refractivity contribution in [2.24, 2.45) is 0 Å². The van der Waals surface area contributed by atoms with Crippen molar-refractivity contribution >= 4 is 12.2 Å². The minimum Gasteiger partial charge on any atom is -0.429 e. The second-order valence-electron chi connectivity index (χ2n) is 7.67. The first-order valence-electron chi connectivity index (χ1n) is 10.4. The van der Waals surface area contributed by atoms with E-state index < -0.39 is 0 Å². The van der Waals surface area contributed by atoms with E-state index in [0.717, 1.165) is 12.8 Å². The Morgan fingerprint density at radius 1 is 1.00 bits per heavy atom. The van der Waals surface area contributed by atoms with Crippen LogP contribution in [0.25, 0.3) is 0 Å². The molecule has 1 N–H and O–H groups in total. The molecule has 0 unspecified atom stereocenters. The summed E-state index contributed by atoms with van der Waals surface area (Å²) in [6.07, 6.45) is 5.97. The van der Waals surface area contributed by atoms with Crippen LogP contribution in [0.15, 0.2) is 42.5 Å². The van der Waals surface area contributed by atoms with Gasteiger partial charge in [-0.05, 0) is 65.6 Å². The Hall–Kier alpha value is -2.29. The van der Waals surface area contributed by atoms with Crippen LogP contribution in [0.5, 0.6) is 5.75 Å². The van der Waals surface area contributed by atoms with Gasteiger partial charge in [-0.1, -0.05) is 65.7 Å². The molecule has 2 rings (SSSR count). The molecule has 0 saturated carbocycles. The summed E-state index contributed by atoms with van der Waals surface area (Å²) in [7, 11) is 1.99. The molecule has 2 aromatic rings. The zero-order chi connectivity index (χ0) is 21.0. The van der Waals surface area contributed by atoms with Crippen molar-refractivity contribution in [2.45, 2.75) is 72.1 Å². The molecule has 154 valence electrons. The van der Waals surface area contributed by atoms with Crippen molar-refractivity contribution in [2.75, 3.05) is 12.4 Å². The summed E-state index contributed by atoms with van der Waals surface area (Å²) < 4.78 is 4.62. The molecule has 0 amide bonds. The van der Waals surface area contributed by atoms with Gasteiger partial charge in [0.25, 0.3) is 6.47 Å². The van der Waals surface area contributed by atoms with E-state index in [9.17, 15) is 4.79 Å². The van der Waals surface area contributed by atoms with Crippen molar-refractivity contribution < 1.29 is 9.53 Å². The third-order valence-corrected chi connectivity index (χ3v) is 5.18. The number of hydrogen-bond donors (Lipinski definition) is 1. The van der Waals surface area contributed by atoms with Gasteiger partial charge >= 0.3 is 0 Å². The number of carbonyl (C=O) groups is 1. The van der Waals surface area contributed by atoms with E-state index in [1.165, 1.54) is 41.6 Å². The zero-order valence-corrected chi connectivity index (χ0v) is 18.5. The number of benzene rings is 2. The Morgan fingerprint density at radius 3 is 2.18 bits per heavy atom. The summed E-state index contributed by atoms with van der Waals surface area (Å²) >= 11 is 0. The number of nitrogens with one attached hydrogen (secondary N) is 1. The molecule has 3 nitrogen and oxygen atoms in total. The molecule has 0 aromatic heterocycles. The maximum absolute atomic E-state index is 9.91. The smallest absolute Gasteiger partial charge is 0.298 e. The van der Waals surface area contributed by atoms with Gasteiger partial charge in [-0.2, -0.15) is 0 Å². The van der Waals surface area contributed by atoms with Crippen LogP contribution in [0.4, 0.5) is 5.69 Å². The maximum atomic E-state index is 9.91. The van der Waals surface area contributed by atoms with E-state index >= 15 is 0 Å². The first kappa shape index (κ1) is 23.7. The monoisotopic (exact) mass is 383 g/mol. The van der Waals surface area contributed by atoms with Crippen LogP contribution in [0.3, 0.4) is 0 Å². The Morgan fingerprint density at radius 2 is 1.68 bits per heavy atom. The van der Waals surface area contributed by atoms with E-state index in [0.29, 0.717) is 12.2 Å². The van der Waals surface area contributed by atoms with E-state index in [-0.39, 0.29) is 5.41 Å². The van der Waals surface area contributed by atoms with Crippen molar-refractivity contribution in [3.8, 4) is 5.75 Å². The number of anilines is 1.